The lowest BCUT2D eigenvalue weighted by atomic mass is 9.97. The number of thioether (sulfide) groups is 1. The molecule has 2 aromatic heterocycles. The van der Waals surface area contributed by atoms with Crippen molar-refractivity contribution in [1.29, 1.82) is 0 Å². The van der Waals surface area contributed by atoms with Crippen molar-refractivity contribution in [3.8, 4) is 0 Å². The number of carbonyl (C=O) groups is 1. The summed E-state index contributed by atoms with van der Waals surface area (Å²) in [7, 11) is 0. The summed E-state index contributed by atoms with van der Waals surface area (Å²) < 4.78 is 0. The van der Waals surface area contributed by atoms with Crippen molar-refractivity contribution in [3.05, 3.63) is 54.7 Å². The normalized spacial score (nSPS) is 14.3. The van der Waals surface area contributed by atoms with Crippen LogP contribution < -0.4 is 10.9 Å². The molecule has 1 unspecified atom stereocenters. The maximum atomic E-state index is 12.6. The number of rotatable bonds is 5. The summed E-state index contributed by atoms with van der Waals surface area (Å²) >= 11 is 2.75. The molecule has 0 saturated heterocycles. The van der Waals surface area contributed by atoms with Crippen LogP contribution in [-0.4, -0.2) is 26.0 Å². The lowest BCUT2D eigenvalue weighted by Crippen LogP contribution is -2.23. The summed E-state index contributed by atoms with van der Waals surface area (Å²) in [4.78, 5) is 45.0. The van der Waals surface area contributed by atoms with Crippen molar-refractivity contribution < 1.29 is 9.72 Å². The maximum absolute atomic E-state index is 12.6. The minimum absolute atomic E-state index is 0.0263. The van der Waals surface area contributed by atoms with Gasteiger partial charge in [-0.15, -0.1) is 11.3 Å². The van der Waals surface area contributed by atoms with E-state index >= 15 is 0 Å². The number of amides is 1. The van der Waals surface area contributed by atoms with Crippen LogP contribution in [0.4, 0.5) is 11.4 Å². The highest BCUT2D eigenvalue weighted by Gasteiger charge is 2.22. The van der Waals surface area contributed by atoms with Gasteiger partial charge in [-0.25, -0.2) is 4.98 Å². The lowest BCUT2D eigenvalue weighted by Gasteiger charge is -2.13. The molecule has 3 aromatic rings. The van der Waals surface area contributed by atoms with Crippen LogP contribution in [0.1, 0.15) is 35.8 Å². The molecule has 0 saturated carbocycles. The molecule has 30 heavy (non-hydrogen) atoms. The number of hydrogen-bond donors (Lipinski definition) is 2. The minimum Gasteiger partial charge on any atom is -0.325 e. The quantitative estimate of drug-likeness (QED) is 0.264. The van der Waals surface area contributed by atoms with Gasteiger partial charge in [0.15, 0.2) is 5.16 Å². The van der Waals surface area contributed by atoms with Crippen LogP contribution in [0.15, 0.2) is 28.2 Å². The number of aromatic nitrogens is 2. The van der Waals surface area contributed by atoms with Gasteiger partial charge in [0.25, 0.3) is 11.2 Å². The van der Waals surface area contributed by atoms with Crippen LogP contribution >= 0.6 is 23.1 Å². The van der Waals surface area contributed by atoms with Crippen LogP contribution in [-0.2, 0) is 17.6 Å². The fourth-order valence-electron chi connectivity index (χ4n) is 3.56. The molecule has 1 atom stereocenters. The summed E-state index contributed by atoms with van der Waals surface area (Å²) in [5.74, 6) is -0.273. The van der Waals surface area contributed by atoms with E-state index in [4.69, 9.17) is 0 Å². The lowest BCUT2D eigenvalue weighted by molar-refractivity contribution is -0.384. The fourth-order valence-corrected chi connectivity index (χ4v) is 5.67. The van der Waals surface area contributed by atoms with E-state index in [1.807, 2.05) is 0 Å². The number of benzene rings is 1. The Labute approximate surface area is 180 Å². The highest BCUT2D eigenvalue weighted by Crippen LogP contribution is 2.34. The molecule has 8 nitrogen and oxygen atoms in total. The van der Waals surface area contributed by atoms with Crippen LogP contribution in [0.25, 0.3) is 10.2 Å². The van der Waals surface area contributed by atoms with Crippen LogP contribution in [0.2, 0.25) is 0 Å². The molecule has 156 valence electrons. The summed E-state index contributed by atoms with van der Waals surface area (Å²) in [6.07, 6.45) is 4.14. The van der Waals surface area contributed by atoms with E-state index in [0.29, 0.717) is 21.8 Å². The van der Waals surface area contributed by atoms with E-state index in [9.17, 15) is 19.7 Å². The molecule has 0 spiro atoms. The predicted octanol–water partition coefficient (Wildman–Crippen LogP) is 4.20. The van der Waals surface area contributed by atoms with Crippen molar-refractivity contribution >= 4 is 50.6 Å². The average molecular weight is 445 g/mol. The van der Waals surface area contributed by atoms with Crippen LogP contribution in [0.5, 0.6) is 0 Å². The molecule has 0 bridgehead atoms. The fraction of sp³-hybridized carbons (Fsp3) is 0.350. The highest BCUT2D eigenvalue weighted by atomic mass is 32.2. The first kappa shape index (κ1) is 20.5. The average Bonchev–Trinajstić information content (AvgIpc) is 3.08. The van der Waals surface area contributed by atoms with Gasteiger partial charge in [0, 0.05) is 22.7 Å². The van der Waals surface area contributed by atoms with Crippen molar-refractivity contribution in [2.75, 3.05) is 5.32 Å². The Morgan fingerprint density at radius 2 is 2.13 bits per heavy atom. The number of carbonyl (C=O) groups excluding carboxylic acids is 1. The van der Waals surface area contributed by atoms with Crippen LogP contribution in [0, 0.1) is 17.0 Å². The van der Waals surface area contributed by atoms with E-state index in [1.165, 1.54) is 34.8 Å². The Kier molecular flexibility index (Phi) is 5.61. The molecular weight excluding hydrogens is 424 g/mol. The topological polar surface area (TPSA) is 118 Å². The second-order valence-corrected chi connectivity index (χ2v) is 9.68. The van der Waals surface area contributed by atoms with Gasteiger partial charge in [0.2, 0.25) is 5.91 Å². The second-order valence-electron chi connectivity index (χ2n) is 7.27. The minimum atomic E-state index is -0.519. The molecule has 0 aliphatic heterocycles. The van der Waals surface area contributed by atoms with E-state index in [2.05, 4.69) is 15.3 Å². The third kappa shape index (κ3) is 3.97. The first-order chi connectivity index (χ1) is 14.3. The molecule has 10 heteroatoms. The highest BCUT2D eigenvalue weighted by molar-refractivity contribution is 8.00. The van der Waals surface area contributed by atoms with Crippen molar-refractivity contribution in [1.82, 2.24) is 9.97 Å². The first-order valence-electron chi connectivity index (χ1n) is 9.60. The number of anilines is 1. The number of H-pyrrole nitrogens is 1. The largest absolute Gasteiger partial charge is 0.325 e. The molecule has 2 N–H and O–H groups in total. The monoisotopic (exact) mass is 444 g/mol. The van der Waals surface area contributed by atoms with Gasteiger partial charge in [-0.05, 0) is 56.7 Å². The SMILES string of the molecule is Cc1cc([N+](=O)[O-])ccc1NC(=O)C(C)Sc1nc2sc3c(c2c(=O)[nH]1)CCCC3. The Hall–Kier alpha value is -2.72. The number of nitro groups is 1. The number of non-ortho nitro benzene ring substituents is 1. The van der Waals surface area contributed by atoms with Gasteiger partial charge in [-0.3, -0.25) is 19.7 Å². The number of nitrogens with zero attached hydrogens (tertiary/aromatic N) is 2. The smallest absolute Gasteiger partial charge is 0.269 e. The number of nitrogens with one attached hydrogen (secondary N) is 2. The summed E-state index contributed by atoms with van der Waals surface area (Å²) in [6, 6.07) is 4.29. The zero-order chi connectivity index (χ0) is 21.4. The van der Waals surface area contributed by atoms with Crippen molar-refractivity contribution in [2.24, 2.45) is 0 Å². The van der Waals surface area contributed by atoms with Crippen molar-refractivity contribution in [2.45, 2.75) is 49.9 Å². The van der Waals surface area contributed by atoms with Gasteiger partial charge in [0.05, 0.1) is 15.6 Å². The van der Waals surface area contributed by atoms with Crippen molar-refractivity contribution in [3.63, 3.8) is 0 Å². The standard InChI is InChI=1S/C20H20N4O4S2/c1-10-9-12(24(27)28)7-8-14(10)21-17(25)11(2)29-20-22-18(26)16-13-5-3-4-6-15(13)30-19(16)23-20/h7-9,11H,3-6H2,1-2H3,(H,21,25)(H,22,23,26). The number of nitro benzene ring substituents is 1. The summed E-state index contributed by atoms with van der Waals surface area (Å²) in [6.45, 7) is 3.43. The molecule has 0 radical (unpaired) electrons. The third-order valence-electron chi connectivity index (χ3n) is 5.14. The van der Waals surface area contributed by atoms with Gasteiger partial charge in [0.1, 0.15) is 4.83 Å². The second kappa shape index (κ2) is 8.19. The van der Waals surface area contributed by atoms with E-state index < -0.39 is 10.2 Å². The van der Waals surface area contributed by atoms with Gasteiger partial charge >= 0.3 is 0 Å². The van der Waals surface area contributed by atoms with E-state index in [-0.39, 0.29) is 17.2 Å². The number of thiophene rings is 1. The third-order valence-corrected chi connectivity index (χ3v) is 7.31. The number of aryl methyl sites for hydroxylation is 3. The molecular formula is C20H20N4O4S2. The molecule has 1 aliphatic rings. The summed E-state index contributed by atoms with van der Waals surface area (Å²) in [5, 5.41) is 14.2. The molecule has 1 aliphatic carbocycles. The van der Waals surface area contributed by atoms with E-state index in [0.717, 1.165) is 36.1 Å². The van der Waals surface area contributed by atoms with E-state index in [1.54, 1.807) is 25.2 Å². The van der Waals surface area contributed by atoms with Gasteiger partial charge in [-0.2, -0.15) is 0 Å². The Morgan fingerprint density at radius 3 is 2.87 bits per heavy atom. The number of fused-ring (bicyclic) bond motifs is 3. The number of hydrogen-bond acceptors (Lipinski definition) is 7. The maximum Gasteiger partial charge on any atom is 0.269 e. The molecule has 4 rings (SSSR count). The van der Waals surface area contributed by atoms with Gasteiger partial charge < -0.3 is 10.3 Å². The predicted molar refractivity (Wildman–Crippen MR) is 119 cm³/mol. The Morgan fingerprint density at radius 1 is 1.37 bits per heavy atom. The number of aromatic amines is 1. The molecule has 1 amide bonds. The first-order valence-corrected chi connectivity index (χ1v) is 11.3. The van der Waals surface area contributed by atoms with Crippen LogP contribution in [0.3, 0.4) is 0 Å². The Balaban J connectivity index is 1.51. The zero-order valence-electron chi connectivity index (χ0n) is 16.5. The molecule has 0 fully saturated rings. The zero-order valence-corrected chi connectivity index (χ0v) is 18.1. The molecule has 2 heterocycles. The molecule has 1 aromatic carbocycles. The van der Waals surface area contributed by atoms with Gasteiger partial charge in [-0.1, -0.05) is 11.8 Å². The summed E-state index contributed by atoms with van der Waals surface area (Å²) in [5.41, 5.74) is 2.07. The Bertz CT molecular complexity index is 1220.